The van der Waals surface area contributed by atoms with Crippen LogP contribution in [0.15, 0.2) is 158 Å². The summed E-state index contributed by atoms with van der Waals surface area (Å²) in [6.45, 7) is 0.0142. The average molecular weight is 587 g/mol. The highest BCUT2D eigenvalue weighted by Gasteiger charge is 2.40. The first-order valence-corrected chi connectivity index (χ1v) is 15.7. The van der Waals surface area contributed by atoms with Crippen LogP contribution in [0.4, 0.5) is 0 Å². The molecule has 2 aliphatic rings. The molecule has 7 aromatic carbocycles. The number of hydrogen-bond acceptors (Lipinski definition) is 2. The van der Waals surface area contributed by atoms with Crippen molar-refractivity contribution in [3.8, 4) is 50.9 Å². The Morgan fingerprint density at radius 1 is 0.391 bits per heavy atom. The van der Waals surface area contributed by atoms with Crippen LogP contribution >= 0.6 is 0 Å². The first-order chi connectivity index (χ1) is 22.8. The van der Waals surface area contributed by atoms with Gasteiger partial charge in [0.25, 0.3) is 6.71 Å². The van der Waals surface area contributed by atoms with Crippen molar-refractivity contribution in [2.45, 2.75) is 0 Å². The van der Waals surface area contributed by atoms with Gasteiger partial charge in [-0.25, -0.2) is 0 Å². The standard InChI is InChI=1S/C42H26BNO2/c1-2-9-27(10-3-1)30-19-23-34-41(26-30)46-40-16-8-15-39-42(40)43(34)35-25-29(20-24-38(35)45-39)28-17-21-31(22-18-28)44-36-13-6-4-11-32(36)33-12-5-7-14-37(33)44/h1-26H. The molecule has 0 bridgehead atoms. The molecule has 0 spiro atoms. The predicted octanol–water partition coefficient (Wildman–Crippen LogP) is 8.85. The maximum atomic E-state index is 6.54. The molecule has 1 aromatic heterocycles. The van der Waals surface area contributed by atoms with Crippen molar-refractivity contribution in [2.24, 2.45) is 0 Å². The van der Waals surface area contributed by atoms with Crippen molar-refractivity contribution < 1.29 is 9.47 Å². The molecule has 0 atom stereocenters. The molecule has 0 fully saturated rings. The number of rotatable bonds is 3. The van der Waals surface area contributed by atoms with Crippen molar-refractivity contribution in [2.75, 3.05) is 0 Å². The molecule has 2 aliphatic heterocycles. The van der Waals surface area contributed by atoms with Gasteiger partial charge in [-0.2, -0.15) is 0 Å². The highest BCUT2D eigenvalue weighted by atomic mass is 16.5. The normalized spacial score (nSPS) is 12.7. The number of hydrogen-bond donors (Lipinski definition) is 0. The Morgan fingerprint density at radius 3 is 1.72 bits per heavy atom. The maximum Gasteiger partial charge on any atom is 0.260 e. The second kappa shape index (κ2) is 9.75. The summed E-state index contributed by atoms with van der Waals surface area (Å²) in [6, 6.07) is 56.0. The molecule has 10 rings (SSSR count). The molecule has 8 aromatic rings. The molecule has 0 saturated carbocycles. The van der Waals surface area contributed by atoms with Gasteiger partial charge in [-0.3, -0.25) is 0 Å². The second-order valence-electron chi connectivity index (χ2n) is 12.1. The van der Waals surface area contributed by atoms with E-state index >= 15 is 0 Å². The third kappa shape index (κ3) is 3.74. The lowest BCUT2D eigenvalue weighted by Gasteiger charge is -2.33. The molecule has 3 nitrogen and oxygen atoms in total. The SMILES string of the molecule is c1ccc(-c2ccc3c(c2)Oc2cccc4c2B3c2cc(-c3ccc(-n5c6ccccc6c6ccccc65)cc3)ccc2O4)cc1. The van der Waals surface area contributed by atoms with Crippen LogP contribution in [0.5, 0.6) is 23.0 Å². The average Bonchev–Trinajstić information content (AvgIpc) is 3.46. The van der Waals surface area contributed by atoms with Crippen LogP contribution in [0.3, 0.4) is 0 Å². The molecule has 46 heavy (non-hydrogen) atoms. The zero-order chi connectivity index (χ0) is 30.2. The van der Waals surface area contributed by atoms with Gasteiger partial charge in [-0.1, -0.05) is 109 Å². The van der Waals surface area contributed by atoms with Gasteiger partial charge < -0.3 is 14.0 Å². The van der Waals surface area contributed by atoms with E-state index < -0.39 is 0 Å². The molecule has 3 heterocycles. The van der Waals surface area contributed by atoms with Gasteiger partial charge in [-0.05, 0) is 81.7 Å². The van der Waals surface area contributed by atoms with Crippen molar-refractivity contribution in [1.29, 1.82) is 0 Å². The minimum absolute atomic E-state index is 0.0142. The first-order valence-electron chi connectivity index (χ1n) is 15.7. The summed E-state index contributed by atoms with van der Waals surface area (Å²) in [7, 11) is 0. The Hall–Kier alpha value is -6.00. The van der Waals surface area contributed by atoms with Crippen LogP contribution in [-0.4, -0.2) is 11.3 Å². The van der Waals surface area contributed by atoms with E-state index in [1.54, 1.807) is 0 Å². The zero-order valence-electron chi connectivity index (χ0n) is 24.9. The van der Waals surface area contributed by atoms with Gasteiger partial charge in [0.2, 0.25) is 0 Å². The number of benzene rings is 7. The van der Waals surface area contributed by atoms with E-state index in [0.29, 0.717) is 0 Å². The lowest BCUT2D eigenvalue weighted by molar-refractivity contribution is 0.464. The maximum absolute atomic E-state index is 6.54. The predicted molar refractivity (Wildman–Crippen MR) is 189 cm³/mol. The van der Waals surface area contributed by atoms with Crippen molar-refractivity contribution in [1.82, 2.24) is 4.57 Å². The number of ether oxygens (including phenoxy) is 2. The number of para-hydroxylation sites is 2. The van der Waals surface area contributed by atoms with Crippen molar-refractivity contribution >= 4 is 44.9 Å². The summed E-state index contributed by atoms with van der Waals surface area (Å²) in [5, 5.41) is 2.54. The van der Waals surface area contributed by atoms with E-state index in [-0.39, 0.29) is 6.71 Å². The summed E-state index contributed by atoms with van der Waals surface area (Å²) in [5.74, 6) is 3.49. The zero-order valence-corrected chi connectivity index (χ0v) is 24.9. The van der Waals surface area contributed by atoms with Gasteiger partial charge >= 0.3 is 0 Å². The first kappa shape index (κ1) is 25.3. The van der Waals surface area contributed by atoms with Crippen LogP contribution < -0.4 is 25.9 Å². The molecule has 0 unspecified atom stereocenters. The number of fused-ring (bicyclic) bond motifs is 7. The Balaban J connectivity index is 1.08. The molecule has 4 heteroatoms. The van der Waals surface area contributed by atoms with Crippen LogP contribution in [-0.2, 0) is 0 Å². The third-order valence-electron chi connectivity index (χ3n) is 9.55. The largest absolute Gasteiger partial charge is 0.458 e. The minimum Gasteiger partial charge on any atom is -0.458 e. The highest BCUT2D eigenvalue weighted by molar-refractivity contribution is 6.98. The summed E-state index contributed by atoms with van der Waals surface area (Å²) < 4.78 is 15.4. The quantitative estimate of drug-likeness (QED) is 0.193. The van der Waals surface area contributed by atoms with Crippen molar-refractivity contribution in [3.05, 3.63) is 158 Å². The molecule has 0 amide bonds. The lowest BCUT2D eigenvalue weighted by atomic mass is 9.34. The van der Waals surface area contributed by atoms with Crippen LogP contribution in [0.2, 0.25) is 0 Å². The van der Waals surface area contributed by atoms with Crippen LogP contribution in [0.1, 0.15) is 0 Å². The third-order valence-corrected chi connectivity index (χ3v) is 9.55. The highest BCUT2D eigenvalue weighted by Crippen LogP contribution is 2.37. The van der Waals surface area contributed by atoms with E-state index in [1.165, 1.54) is 27.4 Å². The molecule has 0 N–H and O–H groups in total. The molecule has 0 radical (unpaired) electrons. The fourth-order valence-electron chi connectivity index (χ4n) is 7.42. The Labute approximate surface area is 267 Å². The fraction of sp³-hybridized carbons (Fsp3) is 0. The van der Waals surface area contributed by atoms with Gasteiger partial charge in [0.1, 0.15) is 23.0 Å². The fourth-order valence-corrected chi connectivity index (χ4v) is 7.42. The Morgan fingerprint density at radius 2 is 0.978 bits per heavy atom. The number of nitrogens with zero attached hydrogens (tertiary/aromatic N) is 1. The second-order valence-corrected chi connectivity index (χ2v) is 12.1. The smallest absolute Gasteiger partial charge is 0.260 e. The molecular formula is C42H26BNO2. The van der Waals surface area contributed by atoms with Gasteiger partial charge in [-0.15, -0.1) is 0 Å². The molecule has 0 aliphatic carbocycles. The van der Waals surface area contributed by atoms with Crippen molar-refractivity contribution in [3.63, 3.8) is 0 Å². The summed E-state index contributed by atoms with van der Waals surface area (Å²) in [5.41, 5.74) is 11.6. The van der Waals surface area contributed by atoms with Crippen LogP contribution in [0.25, 0.3) is 49.7 Å². The summed E-state index contributed by atoms with van der Waals surface area (Å²) >= 11 is 0. The lowest BCUT2D eigenvalue weighted by Crippen LogP contribution is -2.57. The van der Waals surface area contributed by atoms with Gasteiger partial charge in [0.15, 0.2) is 0 Å². The molecule has 214 valence electrons. The topological polar surface area (TPSA) is 23.4 Å². The summed E-state index contributed by atoms with van der Waals surface area (Å²) in [4.78, 5) is 0. The van der Waals surface area contributed by atoms with Gasteiger partial charge in [0.05, 0.1) is 11.0 Å². The summed E-state index contributed by atoms with van der Waals surface area (Å²) in [6.07, 6.45) is 0. The Kier molecular flexibility index (Phi) is 5.37. The minimum atomic E-state index is 0.0142. The molecule has 0 saturated heterocycles. The monoisotopic (exact) mass is 587 g/mol. The van der Waals surface area contributed by atoms with E-state index in [0.717, 1.165) is 61.8 Å². The van der Waals surface area contributed by atoms with E-state index in [4.69, 9.17) is 9.47 Å². The van der Waals surface area contributed by atoms with Gasteiger partial charge in [0, 0.05) is 21.9 Å². The van der Waals surface area contributed by atoms with E-state index in [1.807, 2.05) is 18.2 Å². The van der Waals surface area contributed by atoms with E-state index in [2.05, 4.69) is 144 Å². The molecular weight excluding hydrogens is 561 g/mol. The van der Waals surface area contributed by atoms with E-state index in [9.17, 15) is 0 Å². The number of aromatic nitrogens is 1. The van der Waals surface area contributed by atoms with Crippen LogP contribution in [0, 0.1) is 0 Å². The Bertz CT molecular complexity index is 2430.